The van der Waals surface area contributed by atoms with Crippen LogP contribution in [-0.4, -0.2) is 21.3 Å². The molecule has 4 nitrogen and oxygen atoms in total. The monoisotopic (exact) mass is 249 g/mol. The van der Waals surface area contributed by atoms with E-state index in [1.807, 2.05) is 32.0 Å². The van der Waals surface area contributed by atoms with E-state index < -0.39 is 0 Å². The first-order chi connectivity index (χ1) is 8.17. The summed E-state index contributed by atoms with van der Waals surface area (Å²) in [5, 5.41) is 8.49. The molecular formula is C12H12ClN3O. The Hall–Kier alpha value is -1.68. The fraction of sp³-hybridized carbons (Fsp3) is 0.250. The second-order valence-corrected chi connectivity index (χ2v) is 4.15. The van der Waals surface area contributed by atoms with Gasteiger partial charge in [0.25, 0.3) is 0 Å². The van der Waals surface area contributed by atoms with Gasteiger partial charge in [0, 0.05) is 5.02 Å². The van der Waals surface area contributed by atoms with E-state index in [2.05, 4.69) is 10.3 Å². The van der Waals surface area contributed by atoms with Gasteiger partial charge in [0.15, 0.2) is 6.29 Å². The summed E-state index contributed by atoms with van der Waals surface area (Å²) in [6.45, 7) is 3.89. The molecule has 0 saturated heterocycles. The second kappa shape index (κ2) is 4.67. The van der Waals surface area contributed by atoms with Crippen molar-refractivity contribution in [1.82, 2.24) is 15.0 Å². The molecule has 0 spiro atoms. The Bertz CT molecular complexity index is 563. The largest absolute Gasteiger partial charge is 0.296 e. The van der Waals surface area contributed by atoms with Crippen molar-refractivity contribution < 1.29 is 4.79 Å². The van der Waals surface area contributed by atoms with Gasteiger partial charge in [0.1, 0.15) is 5.69 Å². The van der Waals surface area contributed by atoms with E-state index in [9.17, 15) is 4.79 Å². The van der Waals surface area contributed by atoms with Crippen molar-refractivity contribution in [2.75, 3.05) is 0 Å². The van der Waals surface area contributed by atoms with Crippen LogP contribution in [0, 0.1) is 6.92 Å². The molecular weight excluding hydrogens is 238 g/mol. The minimum absolute atomic E-state index is 0.379. The first-order valence-electron chi connectivity index (χ1n) is 5.33. The third-order valence-corrected chi connectivity index (χ3v) is 3.05. The van der Waals surface area contributed by atoms with Crippen molar-refractivity contribution in [1.29, 1.82) is 0 Å². The highest BCUT2D eigenvalue weighted by Gasteiger charge is 2.12. The molecule has 1 aromatic carbocycles. The van der Waals surface area contributed by atoms with E-state index in [4.69, 9.17) is 11.6 Å². The van der Waals surface area contributed by atoms with Gasteiger partial charge in [-0.2, -0.15) is 0 Å². The van der Waals surface area contributed by atoms with Gasteiger partial charge < -0.3 is 0 Å². The van der Waals surface area contributed by atoms with Gasteiger partial charge in [0.05, 0.1) is 11.4 Å². The van der Waals surface area contributed by atoms with Gasteiger partial charge in [-0.15, -0.1) is 5.10 Å². The van der Waals surface area contributed by atoms with Crippen molar-refractivity contribution in [3.8, 4) is 5.69 Å². The molecule has 0 amide bonds. The predicted molar refractivity (Wildman–Crippen MR) is 65.9 cm³/mol. The molecule has 2 rings (SSSR count). The molecule has 0 unspecified atom stereocenters. The van der Waals surface area contributed by atoms with Crippen LogP contribution in [0.1, 0.15) is 28.7 Å². The Balaban J connectivity index is 2.56. The van der Waals surface area contributed by atoms with E-state index in [0.29, 0.717) is 17.1 Å². The number of nitrogens with zero attached hydrogens (tertiary/aromatic N) is 3. The lowest BCUT2D eigenvalue weighted by molar-refractivity contribution is 0.111. The SMILES string of the molecule is CCc1c(C=O)nnn1-c1ccc(C)c(Cl)c1. The molecule has 0 N–H and O–H groups in total. The maximum Gasteiger partial charge on any atom is 0.172 e. The first-order valence-corrected chi connectivity index (χ1v) is 5.71. The van der Waals surface area contributed by atoms with E-state index >= 15 is 0 Å². The van der Waals surface area contributed by atoms with Gasteiger partial charge in [0.2, 0.25) is 0 Å². The molecule has 17 heavy (non-hydrogen) atoms. The Kier molecular flexibility index (Phi) is 3.24. The van der Waals surface area contributed by atoms with Crippen LogP contribution in [0.25, 0.3) is 5.69 Å². The van der Waals surface area contributed by atoms with Crippen LogP contribution in [0.5, 0.6) is 0 Å². The minimum Gasteiger partial charge on any atom is -0.296 e. The predicted octanol–water partition coefficient (Wildman–Crippen LogP) is 2.60. The molecule has 2 aromatic rings. The van der Waals surface area contributed by atoms with Gasteiger partial charge >= 0.3 is 0 Å². The maximum atomic E-state index is 10.8. The highest BCUT2D eigenvalue weighted by molar-refractivity contribution is 6.31. The van der Waals surface area contributed by atoms with Gasteiger partial charge in [-0.25, -0.2) is 4.68 Å². The highest BCUT2D eigenvalue weighted by atomic mass is 35.5. The lowest BCUT2D eigenvalue weighted by atomic mass is 10.2. The molecule has 0 radical (unpaired) electrons. The number of aryl methyl sites for hydroxylation is 1. The zero-order valence-electron chi connectivity index (χ0n) is 9.64. The van der Waals surface area contributed by atoms with Gasteiger partial charge in [-0.1, -0.05) is 29.8 Å². The second-order valence-electron chi connectivity index (χ2n) is 3.74. The van der Waals surface area contributed by atoms with E-state index in [1.165, 1.54) is 0 Å². The van der Waals surface area contributed by atoms with Crippen LogP contribution in [-0.2, 0) is 6.42 Å². The van der Waals surface area contributed by atoms with Crippen LogP contribution in [0.3, 0.4) is 0 Å². The standard InChI is InChI=1S/C12H12ClN3O/c1-3-12-11(7-17)14-15-16(12)9-5-4-8(2)10(13)6-9/h4-7H,3H2,1-2H3. The van der Waals surface area contributed by atoms with Crippen LogP contribution in [0.2, 0.25) is 5.02 Å². The summed E-state index contributed by atoms with van der Waals surface area (Å²) >= 11 is 6.07. The number of carbonyl (C=O) groups excluding carboxylic acids is 1. The summed E-state index contributed by atoms with van der Waals surface area (Å²) in [6.07, 6.45) is 1.41. The fourth-order valence-electron chi connectivity index (χ4n) is 1.66. The molecule has 1 heterocycles. The summed E-state index contributed by atoms with van der Waals surface area (Å²) in [4.78, 5) is 10.8. The molecule has 0 fully saturated rings. The number of benzene rings is 1. The topological polar surface area (TPSA) is 47.8 Å². The number of hydrogen-bond acceptors (Lipinski definition) is 3. The molecule has 0 atom stereocenters. The number of rotatable bonds is 3. The fourth-order valence-corrected chi connectivity index (χ4v) is 1.83. The smallest absolute Gasteiger partial charge is 0.172 e. The highest BCUT2D eigenvalue weighted by Crippen LogP contribution is 2.20. The van der Waals surface area contributed by atoms with Crippen molar-refractivity contribution >= 4 is 17.9 Å². The lowest BCUT2D eigenvalue weighted by Crippen LogP contribution is -2.02. The van der Waals surface area contributed by atoms with E-state index in [0.717, 1.165) is 23.2 Å². The zero-order valence-corrected chi connectivity index (χ0v) is 10.4. The Morgan fingerprint density at radius 1 is 1.47 bits per heavy atom. The number of carbonyl (C=O) groups is 1. The van der Waals surface area contributed by atoms with Crippen LogP contribution < -0.4 is 0 Å². The summed E-state index contributed by atoms with van der Waals surface area (Å²) in [6, 6.07) is 5.64. The molecule has 0 aliphatic carbocycles. The molecule has 88 valence electrons. The summed E-state index contributed by atoms with van der Waals surface area (Å²) in [5.74, 6) is 0. The number of aromatic nitrogens is 3. The molecule has 0 aliphatic rings. The van der Waals surface area contributed by atoms with Crippen LogP contribution in [0.15, 0.2) is 18.2 Å². The number of halogens is 1. The van der Waals surface area contributed by atoms with E-state index in [-0.39, 0.29) is 0 Å². The third kappa shape index (κ3) is 2.08. The average Bonchev–Trinajstić information content (AvgIpc) is 2.75. The number of hydrogen-bond donors (Lipinski definition) is 0. The molecule has 0 bridgehead atoms. The summed E-state index contributed by atoms with van der Waals surface area (Å²) in [7, 11) is 0. The molecule has 1 aromatic heterocycles. The number of aldehydes is 1. The lowest BCUT2D eigenvalue weighted by Gasteiger charge is -2.06. The Morgan fingerprint density at radius 3 is 2.82 bits per heavy atom. The molecule has 5 heteroatoms. The normalized spacial score (nSPS) is 10.5. The Morgan fingerprint density at radius 2 is 2.24 bits per heavy atom. The molecule has 0 aliphatic heterocycles. The Labute approximate surface area is 104 Å². The summed E-state index contributed by atoms with van der Waals surface area (Å²) in [5.41, 5.74) is 2.99. The van der Waals surface area contributed by atoms with Gasteiger partial charge in [-0.05, 0) is 31.0 Å². The van der Waals surface area contributed by atoms with Crippen LogP contribution in [0.4, 0.5) is 0 Å². The zero-order chi connectivity index (χ0) is 12.4. The van der Waals surface area contributed by atoms with Crippen molar-refractivity contribution in [3.05, 3.63) is 40.2 Å². The average molecular weight is 250 g/mol. The van der Waals surface area contributed by atoms with Gasteiger partial charge in [-0.3, -0.25) is 4.79 Å². The van der Waals surface area contributed by atoms with Crippen molar-refractivity contribution in [2.24, 2.45) is 0 Å². The maximum absolute atomic E-state index is 10.8. The quantitative estimate of drug-likeness (QED) is 0.786. The van der Waals surface area contributed by atoms with Crippen molar-refractivity contribution in [3.63, 3.8) is 0 Å². The first kappa shape index (κ1) is 11.8. The minimum atomic E-state index is 0.379. The van der Waals surface area contributed by atoms with Crippen LogP contribution >= 0.6 is 11.6 Å². The van der Waals surface area contributed by atoms with E-state index in [1.54, 1.807) is 4.68 Å². The third-order valence-electron chi connectivity index (χ3n) is 2.64. The molecule has 0 saturated carbocycles. The van der Waals surface area contributed by atoms with Crippen molar-refractivity contribution in [2.45, 2.75) is 20.3 Å². The summed E-state index contributed by atoms with van der Waals surface area (Å²) < 4.78 is 1.65.